The van der Waals surface area contributed by atoms with Gasteiger partial charge in [-0.25, -0.2) is 0 Å². The molecule has 0 bridgehead atoms. The van der Waals surface area contributed by atoms with Crippen LogP contribution in [0, 0.1) is 23.0 Å². The van der Waals surface area contributed by atoms with Crippen molar-refractivity contribution in [3.63, 3.8) is 0 Å². The number of carbonyl (C=O) groups is 3. The van der Waals surface area contributed by atoms with Crippen LogP contribution in [0.15, 0.2) is 0 Å². The maximum atomic E-state index is 8.89. The zero-order valence-electron chi connectivity index (χ0n) is 7.21. The summed E-state index contributed by atoms with van der Waals surface area (Å²) in [5, 5.41) is 21.9. The SMILES string of the molecule is [CH2-]C(=O)O.[CH2-]C(=O)O.[CH2-]C(=O)O.[N]#[Y]. The predicted octanol–water partition coefficient (Wildman–Crippen LogP) is -0.272. The van der Waals surface area contributed by atoms with Crippen LogP contribution >= 0.6 is 0 Å². The molecule has 0 aromatic rings. The normalized spacial score (nSPS) is 5.50. The molecule has 0 aromatic heterocycles. The minimum absolute atomic E-state index is 0.350. The van der Waals surface area contributed by atoms with Crippen LogP contribution < -0.4 is 0 Å². The number of nitrogens with zero attached hydrogens (tertiary/aromatic N) is 1. The second-order valence-electron chi connectivity index (χ2n) is 1.18. The van der Waals surface area contributed by atoms with Crippen molar-refractivity contribution in [2.75, 3.05) is 0 Å². The van der Waals surface area contributed by atoms with Crippen molar-refractivity contribution < 1.29 is 60.3 Å². The molecule has 0 amide bonds. The average molecular weight is 280 g/mol. The molecule has 7 nitrogen and oxygen atoms in total. The maximum absolute atomic E-state index is 8.89. The Balaban J connectivity index is -0.0000000492. The van der Waals surface area contributed by atoms with Crippen LogP contribution in [-0.4, -0.2) is 33.2 Å². The molecule has 0 aromatic carbocycles. The van der Waals surface area contributed by atoms with Gasteiger partial charge in [0.15, 0.2) is 17.9 Å². The van der Waals surface area contributed by atoms with Crippen LogP contribution in [0.1, 0.15) is 0 Å². The van der Waals surface area contributed by atoms with Gasteiger partial charge in [0, 0.05) is 0 Å². The summed E-state index contributed by atoms with van der Waals surface area (Å²) in [6.07, 6.45) is 0. The molecule has 0 heterocycles. The van der Waals surface area contributed by atoms with E-state index in [1.165, 1.54) is 0 Å². The molecule has 14 heavy (non-hydrogen) atoms. The van der Waals surface area contributed by atoms with E-state index in [4.69, 9.17) is 32.0 Å². The Labute approximate surface area is 101 Å². The number of aliphatic carboxylic acids is 3. The second-order valence-corrected chi connectivity index (χ2v) is 1.18. The summed E-state index contributed by atoms with van der Waals surface area (Å²) in [5.41, 5.74) is 0. The molecule has 0 aliphatic carbocycles. The van der Waals surface area contributed by atoms with Crippen molar-refractivity contribution in [3.8, 4) is 0 Å². The summed E-state index contributed by atoms with van der Waals surface area (Å²) in [7, 11) is 0. The van der Waals surface area contributed by atoms with E-state index >= 15 is 0 Å². The Bertz CT molecular complexity index is 149. The van der Waals surface area contributed by atoms with Crippen molar-refractivity contribution >= 4 is 17.9 Å². The molecule has 3 N–H and O–H groups in total. The van der Waals surface area contributed by atoms with E-state index in [0.29, 0.717) is 30.6 Å². The van der Waals surface area contributed by atoms with Gasteiger partial charge < -0.3 is 15.3 Å². The first-order chi connectivity index (χ1) is 6.20. The summed E-state index contributed by atoms with van der Waals surface area (Å²) in [6.45, 7) is 7.67. The Morgan fingerprint density at radius 2 is 0.786 bits per heavy atom. The fraction of sp³-hybridized carbons (Fsp3) is 0. The molecule has 0 radical (unpaired) electrons. The number of hydrogen-bond acceptors (Lipinski definition) is 4. The average Bonchev–Trinajstić information content (AvgIpc) is 1.86. The van der Waals surface area contributed by atoms with Gasteiger partial charge in [0.1, 0.15) is 0 Å². The Morgan fingerprint density at radius 1 is 0.786 bits per heavy atom. The monoisotopic (exact) mass is 280 g/mol. The first-order valence-corrected chi connectivity index (χ1v) is 3.87. The van der Waals surface area contributed by atoms with E-state index in [0.717, 1.165) is 0 Å². The number of carboxylic acid groups (broad SMARTS) is 3. The molecule has 0 atom stereocenters. The van der Waals surface area contributed by atoms with Crippen LogP contribution in [0.2, 0.25) is 0 Å². The third kappa shape index (κ3) is 770. The molecule has 0 aliphatic rings. The number of rotatable bonds is 0. The zero-order chi connectivity index (χ0) is 12.7. The van der Waals surface area contributed by atoms with Gasteiger partial charge in [0.2, 0.25) is 0 Å². The van der Waals surface area contributed by atoms with Crippen molar-refractivity contribution in [1.29, 1.82) is 2.28 Å². The molecule has 8 heteroatoms. The van der Waals surface area contributed by atoms with Crippen LogP contribution in [0.3, 0.4) is 0 Å². The van der Waals surface area contributed by atoms with Crippen LogP contribution in [0.25, 0.3) is 0 Å². The van der Waals surface area contributed by atoms with Gasteiger partial charge in [-0.2, -0.15) is 0 Å². The van der Waals surface area contributed by atoms with Crippen molar-refractivity contribution in [2.45, 2.75) is 0 Å². The molecule has 0 spiro atoms. The zero-order valence-corrected chi connectivity index (χ0v) is 10.1. The fourth-order valence-corrected chi connectivity index (χ4v) is 0. The molecule has 0 rings (SSSR count). The fourth-order valence-electron chi connectivity index (χ4n) is 0. The van der Waals surface area contributed by atoms with Gasteiger partial charge in [-0.15, -0.1) is 0 Å². The van der Waals surface area contributed by atoms with Gasteiger partial charge in [-0.3, -0.25) is 35.2 Å². The Kier molecular flexibility index (Phi) is 37.2. The standard InChI is InChI=1S/3C2H3O2.N.Y/c3*1-2(3)4;;/h3*1H2,(H,3,4);;/q3*-1;;. The van der Waals surface area contributed by atoms with Crippen molar-refractivity contribution in [1.82, 2.24) is 0 Å². The van der Waals surface area contributed by atoms with Crippen molar-refractivity contribution in [3.05, 3.63) is 20.8 Å². The predicted molar refractivity (Wildman–Crippen MR) is 40.7 cm³/mol. The van der Waals surface area contributed by atoms with Gasteiger partial charge in [0.25, 0.3) is 0 Å². The van der Waals surface area contributed by atoms with Crippen LogP contribution in [-0.2, 0) is 45.0 Å². The van der Waals surface area contributed by atoms with Gasteiger partial charge in [-0.05, 0) is 0 Å². The third-order valence-corrected chi connectivity index (χ3v) is 0. The van der Waals surface area contributed by atoms with E-state index in [-0.39, 0.29) is 0 Å². The molecule has 0 unspecified atom stereocenters. The first-order valence-electron chi connectivity index (χ1n) is 2.60. The number of hydrogen-bond donors (Lipinski definition) is 3. The van der Waals surface area contributed by atoms with E-state index in [9.17, 15) is 0 Å². The molecular formula is C6H9NO6Y-3. The van der Waals surface area contributed by atoms with Gasteiger partial charge in [0.05, 0.1) is 0 Å². The molecule has 0 saturated heterocycles. The first kappa shape index (κ1) is 23.0. The van der Waals surface area contributed by atoms with Gasteiger partial charge in [-0.1, -0.05) is 0 Å². The summed E-state index contributed by atoms with van der Waals surface area (Å²) in [4.78, 5) is 26.7. The van der Waals surface area contributed by atoms with E-state index in [1.54, 1.807) is 0 Å². The quantitative estimate of drug-likeness (QED) is 0.519. The number of carboxylic acids is 3. The second kappa shape index (κ2) is 22.6. The molecular weight excluding hydrogens is 271 g/mol. The topological polar surface area (TPSA) is 136 Å². The van der Waals surface area contributed by atoms with E-state index < -0.39 is 17.9 Å². The van der Waals surface area contributed by atoms with Crippen LogP contribution in [0.5, 0.6) is 0 Å². The summed E-state index contributed by atoms with van der Waals surface area (Å²) >= 11 is 0.350. The van der Waals surface area contributed by atoms with Crippen LogP contribution in [0.4, 0.5) is 0 Å². The summed E-state index contributed by atoms with van der Waals surface area (Å²) < 4.78 is 7.13. The van der Waals surface area contributed by atoms with Crippen molar-refractivity contribution in [2.24, 2.45) is 0 Å². The van der Waals surface area contributed by atoms with E-state index in [2.05, 4.69) is 20.8 Å². The third-order valence-electron chi connectivity index (χ3n) is 0. The molecule has 80 valence electrons. The molecule has 0 fully saturated rings. The summed E-state index contributed by atoms with van der Waals surface area (Å²) in [5.74, 6) is -3.25. The van der Waals surface area contributed by atoms with Gasteiger partial charge >= 0.3 is 32.9 Å². The minimum atomic E-state index is -1.08. The molecule has 0 aliphatic heterocycles. The summed E-state index contributed by atoms with van der Waals surface area (Å²) in [6, 6.07) is 0. The Morgan fingerprint density at radius 3 is 0.786 bits per heavy atom. The van der Waals surface area contributed by atoms with E-state index in [1.807, 2.05) is 0 Å². The Hall–Kier alpha value is -1.17. The molecule has 0 saturated carbocycles.